The second kappa shape index (κ2) is 4.44. The van der Waals surface area contributed by atoms with Gasteiger partial charge in [0, 0.05) is 10.0 Å². The maximum absolute atomic E-state index is 12.6. The van der Waals surface area contributed by atoms with E-state index in [2.05, 4.69) is 26.2 Å². The Balaban J connectivity index is 1.94. The lowest BCUT2D eigenvalue weighted by Crippen LogP contribution is -2.21. The number of rotatable bonds is 1. The lowest BCUT2D eigenvalue weighted by molar-refractivity contribution is 0.0976. The van der Waals surface area contributed by atoms with Crippen LogP contribution in [0.4, 0.5) is 0 Å². The molecule has 0 aliphatic heterocycles. The normalized spacial score (nSPS) is 13.2. The van der Waals surface area contributed by atoms with Gasteiger partial charge in [-0.3, -0.25) is 9.59 Å². The van der Waals surface area contributed by atoms with Gasteiger partial charge in [-0.2, -0.15) is 0 Å². The van der Waals surface area contributed by atoms with E-state index in [0.717, 1.165) is 4.47 Å². The first kappa shape index (κ1) is 12.6. The van der Waals surface area contributed by atoms with E-state index in [-0.39, 0.29) is 23.0 Å². The third-order valence-corrected chi connectivity index (χ3v) is 4.73. The van der Waals surface area contributed by atoms with Gasteiger partial charge >= 0.3 is 0 Å². The number of fused-ring (bicyclic) bond motifs is 2. The number of carbonyl (C=O) groups excluding carboxylic acids is 2. The van der Waals surface area contributed by atoms with Gasteiger partial charge in [-0.15, -0.1) is 16.4 Å². The number of thiophene rings is 1. The Kier molecular flexibility index (Phi) is 2.66. The van der Waals surface area contributed by atoms with Crippen molar-refractivity contribution in [1.82, 2.24) is 15.0 Å². The molecule has 0 unspecified atom stereocenters. The Hall–Kier alpha value is -2.12. The van der Waals surface area contributed by atoms with Crippen LogP contribution in [0.15, 0.2) is 40.2 Å². The number of halogens is 1. The summed E-state index contributed by atoms with van der Waals surface area (Å²) in [6, 6.07) is 8.96. The molecule has 102 valence electrons. The molecule has 5 nitrogen and oxygen atoms in total. The van der Waals surface area contributed by atoms with Crippen LogP contribution in [0.1, 0.15) is 31.4 Å². The molecule has 0 amide bonds. The van der Waals surface area contributed by atoms with Crippen LogP contribution in [0.5, 0.6) is 0 Å². The van der Waals surface area contributed by atoms with E-state index in [0.29, 0.717) is 16.1 Å². The molecular weight excluding hydrogens is 354 g/mol. The Morgan fingerprint density at radius 1 is 1.05 bits per heavy atom. The highest BCUT2D eigenvalue weighted by Gasteiger charge is 2.36. The van der Waals surface area contributed by atoms with Crippen molar-refractivity contribution in [2.75, 3.05) is 0 Å². The second-order valence-electron chi connectivity index (χ2n) is 4.50. The summed E-state index contributed by atoms with van der Waals surface area (Å²) in [4.78, 5) is 25.4. The van der Waals surface area contributed by atoms with Crippen molar-refractivity contribution in [2.45, 2.75) is 0 Å². The van der Waals surface area contributed by atoms with Crippen LogP contribution in [0.3, 0.4) is 0 Å². The zero-order valence-electron chi connectivity index (χ0n) is 10.4. The lowest BCUT2D eigenvalue weighted by Gasteiger charge is -2.11. The highest BCUT2D eigenvalue weighted by Crippen LogP contribution is 2.30. The Morgan fingerprint density at radius 3 is 2.57 bits per heavy atom. The number of carbonyl (C=O) groups is 2. The Bertz CT molecular complexity index is 895. The topological polar surface area (TPSA) is 64.8 Å². The van der Waals surface area contributed by atoms with Gasteiger partial charge in [0.15, 0.2) is 5.69 Å². The molecule has 0 spiro atoms. The quantitative estimate of drug-likeness (QED) is 0.524. The smallest absolute Gasteiger partial charge is 0.226 e. The maximum Gasteiger partial charge on any atom is 0.226 e. The number of benzene rings is 1. The van der Waals surface area contributed by atoms with Crippen molar-refractivity contribution in [3.8, 4) is 5.69 Å². The molecule has 0 bridgehead atoms. The summed E-state index contributed by atoms with van der Waals surface area (Å²) in [6.07, 6.45) is 0. The van der Waals surface area contributed by atoms with Crippen LogP contribution in [0.25, 0.3) is 5.69 Å². The van der Waals surface area contributed by atoms with E-state index in [1.807, 2.05) is 12.1 Å². The molecule has 0 saturated carbocycles. The molecule has 1 aliphatic rings. The standard InChI is InChI=1S/C14H6BrN3O2S/c15-7-1-3-8(4-2-7)18-11-10(16-17-18)13(20)14-9(12(11)19)5-6-21-14/h1-6H. The molecule has 2 heterocycles. The van der Waals surface area contributed by atoms with E-state index in [1.165, 1.54) is 16.0 Å². The molecule has 1 aromatic carbocycles. The van der Waals surface area contributed by atoms with Crippen molar-refractivity contribution in [3.63, 3.8) is 0 Å². The third-order valence-electron chi connectivity index (χ3n) is 3.29. The molecule has 21 heavy (non-hydrogen) atoms. The van der Waals surface area contributed by atoms with Gasteiger partial charge < -0.3 is 0 Å². The molecule has 4 rings (SSSR count). The van der Waals surface area contributed by atoms with Gasteiger partial charge in [0.1, 0.15) is 5.69 Å². The van der Waals surface area contributed by atoms with E-state index in [1.54, 1.807) is 23.6 Å². The van der Waals surface area contributed by atoms with E-state index in [9.17, 15) is 9.59 Å². The number of hydrogen-bond acceptors (Lipinski definition) is 5. The number of nitrogens with zero attached hydrogens (tertiary/aromatic N) is 3. The molecular formula is C14H6BrN3O2S. The highest BCUT2D eigenvalue weighted by molar-refractivity contribution is 9.10. The Morgan fingerprint density at radius 2 is 1.81 bits per heavy atom. The van der Waals surface area contributed by atoms with Crippen LogP contribution in [-0.4, -0.2) is 26.6 Å². The fraction of sp³-hybridized carbons (Fsp3) is 0. The summed E-state index contributed by atoms with van der Waals surface area (Å²) in [5, 5.41) is 9.62. The van der Waals surface area contributed by atoms with Gasteiger partial charge in [0.05, 0.1) is 10.6 Å². The van der Waals surface area contributed by atoms with Crippen LogP contribution in [-0.2, 0) is 0 Å². The summed E-state index contributed by atoms with van der Waals surface area (Å²) in [6.45, 7) is 0. The van der Waals surface area contributed by atoms with Crippen molar-refractivity contribution in [2.24, 2.45) is 0 Å². The predicted molar refractivity (Wildman–Crippen MR) is 80.2 cm³/mol. The van der Waals surface area contributed by atoms with Crippen LogP contribution < -0.4 is 0 Å². The number of hydrogen-bond donors (Lipinski definition) is 0. The Labute approximate surface area is 131 Å². The van der Waals surface area contributed by atoms with Gasteiger partial charge in [-0.05, 0) is 35.7 Å². The monoisotopic (exact) mass is 359 g/mol. The van der Waals surface area contributed by atoms with Crippen molar-refractivity contribution in [1.29, 1.82) is 0 Å². The molecule has 0 N–H and O–H groups in total. The minimum absolute atomic E-state index is 0.123. The van der Waals surface area contributed by atoms with Crippen LogP contribution >= 0.6 is 27.3 Å². The maximum atomic E-state index is 12.6. The van der Waals surface area contributed by atoms with E-state index >= 15 is 0 Å². The van der Waals surface area contributed by atoms with Crippen LogP contribution in [0, 0.1) is 0 Å². The number of ketones is 2. The van der Waals surface area contributed by atoms with Crippen LogP contribution in [0.2, 0.25) is 0 Å². The molecule has 3 aromatic rings. The van der Waals surface area contributed by atoms with Crippen molar-refractivity contribution in [3.05, 3.63) is 62.0 Å². The lowest BCUT2D eigenvalue weighted by atomic mass is 9.97. The molecule has 0 radical (unpaired) electrons. The molecule has 0 fully saturated rings. The summed E-state index contributed by atoms with van der Waals surface area (Å²) in [5.74, 6) is -0.452. The average molecular weight is 360 g/mol. The summed E-state index contributed by atoms with van der Waals surface area (Å²) in [7, 11) is 0. The van der Waals surface area contributed by atoms with Gasteiger partial charge in [-0.1, -0.05) is 21.1 Å². The van der Waals surface area contributed by atoms with Gasteiger partial charge in [0.25, 0.3) is 0 Å². The van der Waals surface area contributed by atoms with Crippen molar-refractivity contribution < 1.29 is 9.59 Å². The first-order valence-corrected chi connectivity index (χ1v) is 7.72. The van der Waals surface area contributed by atoms with Crippen molar-refractivity contribution >= 4 is 38.8 Å². The molecule has 1 aliphatic carbocycles. The highest BCUT2D eigenvalue weighted by atomic mass is 79.9. The van der Waals surface area contributed by atoms with Gasteiger partial charge in [0.2, 0.25) is 11.6 Å². The predicted octanol–water partition coefficient (Wildman–Crippen LogP) is 2.87. The SMILES string of the molecule is O=C1c2nnn(-c3ccc(Br)cc3)c2C(=O)c2ccsc21. The molecule has 0 atom stereocenters. The molecule has 2 aromatic heterocycles. The molecule has 7 heteroatoms. The zero-order chi connectivity index (χ0) is 14.6. The fourth-order valence-corrected chi connectivity index (χ4v) is 3.40. The van der Waals surface area contributed by atoms with E-state index < -0.39 is 0 Å². The fourth-order valence-electron chi connectivity index (χ4n) is 2.30. The summed E-state index contributed by atoms with van der Waals surface area (Å²) >= 11 is 4.61. The third kappa shape index (κ3) is 1.74. The second-order valence-corrected chi connectivity index (χ2v) is 6.33. The minimum atomic E-state index is -0.238. The average Bonchev–Trinajstić information content (AvgIpc) is 3.13. The largest absolute Gasteiger partial charge is 0.287 e. The summed E-state index contributed by atoms with van der Waals surface area (Å²) in [5.41, 5.74) is 1.47. The van der Waals surface area contributed by atoms with Gasteiger partial charge in [-0.25, -0.2) is 4.68 Å². The first-order chi connectivity index (χ1) is 10.2. The summed E-state index contributed by atoms with van der Waals surface area (Å²) < 4.78 is 2.34. The zero-order valence-corrected chi connectivity index (χ0v) is 12.8. The minimum Gasteiger partial charge on any atom is -0.287 e. The van der Waals surface area contributed by atoms with E-state index in [4.69, 9.17) is 0 Å². The number of aromatic nitrogens is 3. The first-order valence-electron chi connectivity index (χ1n) is 6.05. The molecule has 0 saturated heterocycles.